The van der Waals surface area contributed by atoms with Crippen LogP contribution in [0.25, 0.3) is 10.1 Å². The third kappa shape index (κ3) is 3.03. The summed E-state index contributed by atoms with van der Waals surface area (Å²) >= 11 is 7.63. The topological polar surface area (TPSA) is 41.5 Å². The monoisotopic (exact) mass is 328 g/mol. The first-order valence-electron chi connectivity index (χ1n) is 6.72. The number of carbonyl (C=O) groups excluding carboxylic acids is 1. The largest absolute Gasteiger partial charge is 0.283 e. The van der Waals surface area contributed by atoms with E-state index >= 15 is 0 Å². The number of nitrogens with zero attached hydrogens (tertiary/aromatic N) is 1. The van der Waals surface area contributed by atoms with Crippen molar-refractivity contribution in [1.82, 2.24) is 5.43 Å². The number of benzene rings is 2. The number of nitrogens with one attached hydrogen (secondary N) is 1. The molecule has 3 aromatic rings. The van der Waals surface area contributed by atoms with Gasteiger partial charge in [-0.3, -0.25) is 4.79 Å². The predicted octanol–water partition coefficient (Wildman–Crippen LogP) is 4.63. The summed E-state index contributed by atoms with van der Waals surface area (Å²) in [5.41, 5.74) is 4.60. The van der Waals surface area contributed by atoms with Crippen molar-refractivity contribution in [1.29, 1.82) is 0 Å². The fraction of sp³-hybridized carbons (Fsp3) is 0.0588. The lowest BCUT2D eigenvalue weighted by Crippen LogP contribution is -2.16. The van der Waals surface area contributed by atoms with Gasteiger partial charge in [0.2, 0.25) is 0 Å². The molecule has 0 bridgehead atoms. The molecule has 0 unspecified atom stereocenters. The van der Waals surface area contributed by atoms with Crippen LogP contribution >= 0.6 is 22.9 Å². The molecule has 2 aromatic carbocycles. The standard InChI is InChI=1S/C17H13ClN2OS/c1-11-5-4-6-12(9-11)10-19-20-17(21)16-15(18)13-7-2-3-8-14(13)22-16/h2-10H,1H3,(H,20,21). The molecule has 1 amide bonds. The molecule has 0 saturated carbocycles. The van der Waals surface area contributed by atoms with Gasteiger partial charge < -0.3 is 0 Å². The van der Waals surface area contributed by atoms with Gasteiger partial charge in [-0.05, 0) is 18.6 Å². The van der Waals surface area contributed by atoms with Gasteiger partial charge in [-0.15, -0.1) is 11.3 Å². The number of halogens is 1. The fourth-order valence-electron chi connectivity index (χ4n) is 2.13. The number of rotatable bonds is 3. The van der Waals surface area contributed by atoms with Crippen molar-refractivity contribution in [3.05, 3.63) is 69.6 Å². The molecule has 22 heavy (non-hydrogen) atoms. The van der Waals surface area contributed by atoms with Crippen LogP contribution in [0.4, 0.5) is 0 Å². The molecule has 1 aromatic heterocycles. The van der Waals surface area contributed by atoms with Gasteiger partial charge in [-0.1, -0.05) is 59.6 Å². The summed E-state index contributed by atoms with van der Waals surface area (Å²) in [5.74, 6) is -0.296. The van der Waals surface area contributed by atoms with Crippen LogP contribution in [-0.4, -0.2) is 12.1 Å². The first kappa shape index (κ1) is 14.8. The highest BCUT2D eigenvalue weighted by molar-refractivity contribution is 7.21. The van der Waals surface area contributed by atoms with E-state index in [0.717, 1.165) is 21.2 Å². The van der Waals surface area contributed by atoms with Crippen LogP contribution in [-0.2, 0) is 0 Å². The number of hydrogen-bond donors (Lipinski definition) is 1. The molecule has 0 fully saturated rings. The number of hydrazone groups is 1. The molecule has 0 aliphatic carbocycles. The van der Waals surface area contributed by atoms with Gasteiger partial charge in [0, 0.05) is 10.1 Å². The Morgan fingerprint density at radius 3 is 2.82 bits per heavy atom. The highest BCUT2D eigenvalue weighted by Crippen LogP contribution is 2.34. The van der Waals surface area contributed by atoms with Gasteiger partial charge in [0.1, 0.15) is 4.88 Å². The molecule has 0 atom stereocenters. The van der Waals surface area contributed by atoms with Crippen molar-refractivity contribution < 1.29 is 4.79 Å². The highest BCUT2D eigenvalue weighted by atomic mass is 35.5. The van der Waals surface area contributed by atoms with Gasteiger partial charge in [0.05, 0.1) is 11.2 Å². The van der Waals surface area contributed by atoms with Crippen LogP contribution in [0.2, 0.25) is 5.02 Å². The SMILES string of the molecule is Cc1cccc(C=NNC(=O)c2sc3ccccc3c2Cl)c1. The maximum absolute atomic E-state index is 12.2. The first-order valence-corrected chi connectivity index (χ1v) is 7.92. The Morgan fingerprint density at radius 2 is 2.05 bits per heavy atom. The second-order valence-electron chi connectivity index (χ2n) is 4.85. The van der Waals surface area contributed by atoms with Crippen LogP contribution in [0.15, 0.2) is 53.6 Å². The van der Waals surface area contributed by atoms with Crippen LogP contribution in [0, 0.1) is 6.92 Å². The maximum atomic E-state index is 12.2. The van der Waals surface area contributed by atoms with Crippen molar-refractivity contribution in [3.63, 3.8) is 0 Å². The van der Waals surface area contributed by atoms with E-state index < -0.39 is 0 Å². The van der Waals surface area contributed by atoms with E-state index in [4.69, 9.17) is 11.6 Å². The summed E-state index contributed by atoms with van der Waals surface area (Å²) in [6, 6.07) is 15.5. The van der Waals surface area contributed by atoms with Gasteiger partial charge in [0.15, 0.2) is 0 Å². The number of hydrogen-bond acceptors (Lipinski definition) is 3. The minimum absolute atomic E-state index is 0.296. The van der Waals surface area contributed by atoms with E-state index in [9.17, 15) is 4.79 Å². The Kier molecular flexibility index (Phi) is 4.22. The number of carbonyl (C=O) groups is 1. The molecule has 1 heterocycles. The van der Waals surface area contributed by atoms with Gasteiger partial charge in [0.25, 0.3) is 5.91 Å². The maximum Gasteiger partial charge on any atom is 0.283 e. The van der Waals surface area contributed by atoms with Crippen LogP contribution in [0.5, 0.6) is 0 Å². The van der Waals surface area contributed by atoms with E-state index in [1.807, 2.05) is 55.5 Å². The molecular formula is C17H13ClN2OS. The summed E-state index contributed by atoms with van der Waals surface area (Å²) in [4.78, 5) is 12.7. The third-order valence-corrected chi connectivity index (χ3v) is 4.84. The van der Waals surface area contributed by atoms with Crippen molar-refractivity contribution in [2.75, 3.05) is 0 Å². The quantitative estimate of drug-likeness (QED) is 0.553. The second-order valence-corrected chi connectivity index (χ2v) is 6.28. The molecule has 0 saturated heterocycles. The van der Waals surface area contributed by atoms with Crippen LogP contribution in [0.1, 0.15) is 20.8 Å². The lowest BCUT2D eigenvalue weighted by molar-refractivity contribution is 0.0959. The molecule has 0 aliphatic heterocycles. The van der Waals surface area contributed by atoms with Crippen molar-refractivity contribution in [2.24, 2.45) is 5.10 Å². The molecule has 3 rings (SSSR count). The van der Waals surface area contributed by atoms with Crippen molar-refractivity contribution in [2.45, 2.75) is 6.92 Å². The Morgan fingerprint density at radius 1 is 1.23 bits per heavy atom. The minimum Gasteiger partial charge on any atom is -0.266 e. The molecule has 0 spiro atoms. The van der Waals surface area contributed by atoms with Crippen molar-refractivity contribution >= 4 is 45.1 Å². The van der Waals surface area contributed by atoms with E-state index in [2.05, 4.69) is 10.5 Å². The Labute approximate surface area is 137 Å². The van der Waals surface area contributed by atoms with Crippen molar-refractivity contribution in [3.8, 4) is 0 Å². The number of aryl methyl sites for hydroxylation is 1. The van der Waals surface area contributed by atoms with E-state index in [-0.39, 0.29) is 5.91 Å². The van der Waals surface area contributed by atoms with E-state index in [1.165, 1.54) is 11.3 Å². The predicted molar refractivity (Wildman–Crippen MR) is 93.1 cm³/mol. The molecular weight excluding hydrogens is 316 g/mol. The summed E-state index contributed by atoms with van der Waals surface area (Å²) in [6.07, 6.45) is 1.62. The minimum atomic E-state index is -0.296. The van der Waals surface area contributed by atoms with E-state index in [1.54, 1.807) is 6.21 Å². The number of fused-ring (bicyclic) bond motifs is 1. The molecule has 1 N–H and O–H groups in total. The second kappa shape index (κ2) is 6.30. The summed E-state index contributed by atoms with van der Waals surface area (Å²) in [6.45, 7) is 2.01. The average Bonchev–Trinajstić information content (AvgIpc) is 2.85. The fourth-order valence-corrected chi connectivity index (χ4v) is 3.53. The van der Waals surface area contributed by atoms with Gasteiger partial charge in [-0.2, -0.15) is 5.10 Å². The summed E-state index contributed by atoms with van der Waals surface area (Å²) in [5, 5.41) is 5.36. The average molecular weight is 329 g/mol. The molecule has 0 radical (unpaired) electrons. The molecule has 0 aliphatic rings. The smallest absolute Gasteiger partial charge is 0.266 e. The van der Waals surface area contributed by atoms with E-state index in [0.29, 0.717) is 9.90 Å². The normalized spacial score (nSPS) is 11.2. The Bertz CT molecular complexity index is 870. The Balaban J connectivity index is 1.77. The zero-order valence-corrected chi connectivity index (χ0v) is 13.4. The van der Waals surface area contributed by atoms with Gasteiger partial charge >= 0.3 is 0 Å². The number of thiophene rings is 1. The lowest BCUT2D eigenvalue weighted by atomic mass is 10.2. The third-order valence-electron chi connectivity index (χ3n) is 3.16. The molecule has 110 valence electrons. The Hall–Kier alpha value is -2.17. The zero-order valence-electron chi connectivity index (χ0n) is 11.8. The molecule has 3 nitrogen and oxygen atoms in total. The summed E-state index contributed by atoms with van der Waals surface area (Å²) < 4.78 is 0.986. The van der Waals surface area contributed by atoms with Crippen LogP contribution < -0.4 is 5.43 Å². The van der Waals surface area contributed by atoms with Gasteiger partial charge in [-0.25, -0.2) is 5.43 Å². The zero-order chi connectivity index (χ0) is 15.5. The first-order chi connectivity index (χ1) is 10.6. The molecule has 5 heteroatoms. The number of amides is 1. The summed E-state index contributed by atoms with van der Waals surface area (Å²) in [7, 11) is 0. The lowest BCUT2D eigenvalue weighted by Gasteiger charge is -1.98. The highest BCUT2D eigenvalue weighted by Gasteiger charge is 2.16. The van der Waals surface area contributed by atoms with Crippen LogP contribution in [0.3, 0.4) is 0 Å².